The molecule has 0 unspecified atom stereocenters. The number of aliphatic hydroxyl groups is 1. The maximum absolute atomic E-state index is 12.9. The van der Waals surface area contributed by atoms with E-state index in [1.807, 2.05) is 52.1 Å². The summed E-state index contributed by atoms with van der Waals surface area (Å²) >= 11 is 0. The summed E-state index contributed by atoms with van der Waals surface area (Å²) < 4.78 is 1.67. The van der Waals surface area contributed by atoms with Crippen LogP contribution in [0.5, 0.6) is 0 Å². The van der Waals surface area contributed by atoms with E-state index in [1.54, 1.807) is 10.9 Å². The number of hydrogen-bond acceptors (Lipinski definition) is 4. The number of fused-ring (bicyclic) bond motifs is 1. The highest BCUT2D eigenvalue weighted by atomic mass is 16.3. The first-order valence-corrected chi connectivity index (χ1v) is 8.76. The Morgan fingerprint density at radius 3 is 2.77 bits per heavy atom. The monoisotopic (exact) mass is 352 g/mol. The quantitative estimate of drug-likeness (QED) is 0.740. The van der Waals surface area contributed by atoms with E-state index in [9.17, 15) is 4.79 Å². The van der Waals surface area contributed by atoms with Crippen molar-refractivity contribution in [3.8, 4) is 11.3 Å². The van der Waals surface area contributed by atoms with Crippen LogP contribution < -0.4 is 5.32 Å². The Labute approximate surface area is 152 Å². The lowest BCUT2D eigenvalue weighted by Crippen LogP contribution is -2.31. The van der Waals surface area contributed by atoms with E-state index >= 15 is 0 Å². The SMILES string of the molecule is Cc1ccc2nc(-c3cnn(CCO)c3)c(C)c(C(=O)NC(C)C)c2c1. The van der Waals surface area contributed by atoms with Crippen molar-refractivity contribution in [2.75, 3.05) is 6.61 Å². The van der Waals surface area contributed by atoms with Crippen LogP contribution in [-0.4, -0.2) is 38.4 Å². The van der Waals surface area contributed by atoms with Gasteiger partial charge in [0.25, 0.3) is 5.91 Å². The largest absolute Gasteiger partial charge is 0.394 e. The Morgan fingerprint density at radius 2 is 2.08 bits per heavy atom. The second-order valence-electron chi connectivity index (χ2n) is 6.82. The fourth-order valence-electron chi connectivity index (χ4n) is 3.09. The van der Waals surface area contributed by atoms with Crippen LogP contribution in [0.3, 0.4) is 0 Å². The molecule has 136 valence electrons. The van der Waals surface area contributed by atoms with Crippen LogP contribution in [0, 0.1) is 13.8 Å². The van der Waals surface area contributed by atoms with Crippen LogP contribution in [0.25, 0.3) is 22.2 Å². The van der Waals surface area contributed by atoms with Crippen molar-refractivity contribution in [3.63, 3.8) is 0 Å². The molecule has 0 bridgehead atoms. The lowest BCUT2D eigenvalue weighted by Gasteiger charge is -2.16. The molecule has 2 heterocycles. The van der Waals surface area contributed by atoms with Gasteiger partial charge in [0.15, 0.2) is 0 Å². The maximum atomic E-state index is 12.9. The number of aliphatic hydroxyl groups excluding tert-OH is 1. The van der Waals surface area contributed by atoms with Crippen molar-refractivity contribution in [2.45, 2.75) is 40.3 Å². The van der Waals surface area contributed by atoms with Gasteiger partial charge >= 0.3 is 0 Å². The molecule has 6 heteroatoms. The van der Waals surface area contributed by atoms with Gasteiger partial charge in [0.2, 0.25) is 0 Å². The predicted octanol–water partition coefficient (Wildman–Crippen LogP) is 2.85. The summed E-state index contributed by atoms with van der Waals surface area (Å²) in [5.41, 5.74) is 4.90. The van der Waals surface area contributed by atoms with Crippen LogP contribution in [-0.2, 0) is 6.54 Å². The van der Waals surface area contributed by atoms with Gasteiger partial charge in [-0.3, -0.25) is 9.48 Å². The molecular formula is C20H24N4O2. The Balaban J connectivity index is 2.22. The van der Waals surface area contributed by atoms with Gasteiger partial charge in [-0.05, 0) is 45.4 Å². The topological polar surface area (TPSA) is 80.0 Å². The first-order valence-electron chi connectivity index (χ1n) is 8.76. The summed E-state index contributed by atoms with van der Waals surface area (Å²) in [6, 6.07) is 5.99. The summed E-state index contributed by atoms with van der Waals surface area (Å²) in [5, 5.41) is 17.2. The molecule has 0 aliphatic carbocycles. The van der Waals surface area contributed by atoms with Gasteiger partial charge in [-0.15, -0.1) is 0 Å². The molecule has 26 heavy (non-hydrogen) atoms. The van der Waals surface area contributed by atoms with Crippen LogP contribution in [0.4, 0.5) is 0 Å². The Hall–Kier alpha value is -2.73. The number of hydrogen-bond donors (Lipinski definition) is 2. The number of nitrogens with zero attached hydrogens (tertiary/aromatic N) is 3. The van der Waals surface area contributed by atoms with Crippen molar-refractivity contribution in [1.82, 2.24) is 20.1 Å². The number of carbonyl (C=O) groups is 1. The molecule has 0 aliphatic heterocycles. The number of nitrogens with one attached hydrogen (secondary N) is 1. The molecule has 0 radical (unpaired) electrons. The fourth-order valence-corrected chi connectivity index (χ4v) is 3.09. The molecule has 1 amide bonds. The van der Waals surface area contributed by atoms with Crippen molar-refractivity contribution in [2.24, 2.45) is 0 Å². The third kappa shape index (κ3) is 3.46. The Bertz CT molecular complexity index is 960. The highest BCUT2D eigenvalue weighted by Gasteiger charge is 2.20. The summed E-state index contributed by atoms with van der Waals surface area (Å²) in [4.78, 5) is 17.7. The first-order chi connectivity index (χ1) is 12.4. The summed E-state index contributed by atoms with van der Waals surface area (Å²) in [7, 11) is 0. The molecule has 6 nitrogen and oxygen atoms in total. The molecule has 2 aromatic heterocycles. The smallest absolute Gasteiger partial charge is 0.252 e. The van der Waals surface area contributed by atoms with Gasteiger partial charge < -0.3 is 10.4 Å². The number of aromatic nitrogens is 3. The fraction of sp³-hybridized carbons (Fsp3) is 0.350. The van der Waals surface area contributed by atoms with E-state index in [4.69, 9.17) is 10.1 Å². The molecule has 0 aliphatic rings. The van der Waals surface area contributed by atoms with E-state index in [-0.39, 0.29) is 18.6 Å². The number of benzene rings is 1. The lowest BCUT2D eigenvalue weighted by molar-refractivity contribution is 0.0944. The minimum atomic E-state index is -0.0977. The number of pyridine rings is 1. The zero-order valence-electron chi connectivity index (χ0n) is 15.6. The van der Waals surface area contributed by atoms with Crippen molar-refractivity contribution < 1.29 is 9.90 Å². The lowest BCUT2D eigenvalue weighted by atomic mass is 9.97. The van der Waals surface area contributed by atoms with Gasteiger partial charge in [-0.25, -0.2) is 4.98 Å². The van der Waals surface area contributed by atoms with Gasteiger partial charge in [0.05, 0.1) is 36.1 Å². The zero-order valence-corrected chi connectivity index (χ0v) is 15.6. The molecule has 0 saturated heterocycles. The number of aryl methyl sites for hydroxylation is 1. The molecular weight excluding hydrogens is 328 g/mol. The van der Waals surface area contributed by atoms with Crippen LogP contribution in [0.1, 0.15) is 35.3 Å². The highest BCUT2D eigenvalue weighted by molar-refractivity contribution is 6.09. The molecule has 0 atom stereocenters. The van der Waals surface area contributed by atoms with Crippen molar-refractivity contribution >= 4 is 16.8 Å². The Kier molecular flexibility index (Phi) is 5.04. The summed E-state index contributed by atoms with van der Waals surface area (Å²) in [5.74, 6) is -0.0977. The van der Waals surface area contributed by atoms with Crippen molar-refractivity contribution in [3.05, 3.63) is 47.3 Å². The van der Waals surface area contributed by atoms with Crippen LogP contribution in [0.2, 0.25) is 0 Å². The molecule has 0 saturated carbocycles. The summed E-state index contributed by atoms with van der Waals surface area (Å²) in [6.45, 7) is 8.26. The van der Waals surface area contributed by atoms with E-state index in [0.29, 0.717) is 12.1 Å². The third-order valence-electron chi connectivity index (χ3n) is 4.27. The average Bonchev–Trinajstić information content (AvgIpc) is 3.02. The molecule has 0 spiro atoms. The molecule has 3 rings (SSSR count). The second kappa shape index (κ2) is 7.25. The third-order valence-corrected chi connectivity index (χ3v) is 4.27. The van der Waals surface area contributed by atoms with E-state index < -0.39 is 0 Å². The van der Waals surface area contributed by atoms with Crippen LogP contribution >= 0.6 is 0 Å². The van der Waals surface area contributed by atoms with Crippen molar-refractivity contribution in [1.29, 1.82) is 0 Å². The maximum Gasteiger partial charge on any atom is 0.252 e. The minimum absolute atomic E-state index is 0.0204. The van der Waals surface area contributed by atoms with Gasteiger partial charge in [0.1, 0.15) is 0 Å². The van der Waals surface area contributed by atoms with Crippen LogP contribution in [0.15, 0.2) is 30.6 Å². The standard InChI is InChI=1S/C20H24N4O2/c1-12(2)22-20(26)18-14(4)19(15-10-21-24(11-15)7-8-25)23-17-6-5-13(3)9-16(17)18/h5-6,9-12,25H,7-8H2,1-4H3,(H,22,26). The minimum Gasteiger partial charge on any atom is -0.394 e. The van der Waals surface area contributed by atoms with E-state index in [2.05, 4.69) is 10.4 Å². The average molecular weight is 352 g/mol. The predicted molar refractivity (Wildman–Crippen MR) is 102 cm³/mol. The van der Waals surface area contributed by atoms with Gasteiger partial charge in [-0.1, -0.05) is 11.6 Å². The van der Waals surface area contributed by atoms with Gasteiger partial charge in [-0.2, -0.15) is 5.10 Å². The molecule has 3 aromatic rings. The number of amides is 1. The highest BCUT2D eigenvalue weighted by Crippen LogP contribution is 2.30. The van der Waals surface area contributed by atoms with E-state index in [0.717, 1.165) is 33.3 Å². The van der Waals surface area contributed by atoms with E-state index in [1.165, 1.54) is 0 Å². The zero-order chi connectivity index (χ0) is 18.8. The summed E-state index contributed by atoms with van der Waals surface area (Å²) in [6.07, 6.45) is 3.56. The number of carbonyl (C=O) groups excluding carboxylic acids is 1. The normalized spacial score (nSPS) is 11.3. The second-order valence-corrected chi connectivity index (χ2v) is 6.82. The Morgan fingerprint density at radius 1 is 1.31 bits per heavy atom. The molecule has 1 aromatic carbocycles. The first kappa shape index (κ1) is 18.1. The molecule has 2 N–H and O–H groups in total. The molecule has 0 fully saturated rings. The number of rotatable bonds is 5. The van der Waals surface area contributed by atoms with Gasteiger partial charge in [0, 0.05) is 23.2 Å².